The van der Waals surface area contributed by atoms with E-state index in [0.29, 0.717) is 29.6 Å². The summed E-state index contributed by atoms with van der Waals surface area (Å²) in [6, 6.07) is 20.9. The molecule has 2 N–H and O–H groups in total. The van der Waals surface area contributed by atoms with E-state index in [1.165, 1.54) is 11.1 Å². The van der Waals surface area contributed by atoms with E-state index in [2.05, 4.69) is 12.1 Å². The zero-order valence-electron chi connectivity index (χ0n) is 15.2. The highest BCUT2D eigenvalue weighted by molar-refractivity contribution is 6.31. The van der Waals surface area contributed by atoms with Crippen LogP contribution in [0.4, 0.5) is 0 Å². The first-order valence-corrected chi connectivity index (χ1v) is 9.92. The third kappa shape index (κ3) is 3.93. The molecule has 0 bridgehead atoms. The number of hydrogen-bond donors (Lipinski definition) is 1. The van der Waals surface area contributed by atoms with Gasteiger partial charge in [0.1, 0.15) is 0 Å². The zero-order valence-corrected chi connectivity index (χ0v) is 16.8. The number of nitrogens with zero attached hydrogens (tertiary/aromatic N) is 1. The Kier molecular flexibility index (Phi) is 5.40. The maximum absolute atomic E-state index is 12.8. The van der Waals surface area contributed by atoms with E-state index < -0.39 is 6.04 Å². The minimum Gasteiger partial charge on any atom is -0.333 e. The van der Waals surface area contributed by atoms with Crippen molar-refractivity contribution in [3.8, 4) is 11.1 Å². The van der Waals surface area contributed by atoms with Gasteiger partial charge in [-0.3, -0.25) is 4.79 Å². The SMILES string of the molecule is NC(Cc1ccc(-c2ccc(Cl)cc2)cc1Cl)C(=O)N1Cc2ccccc2C1. The van der Waals surface area contributed by atoms with Crippen LogP contribution >= 0.6 is 23.2 Å². The minimum atomic E-state index is -0.617. The smallest absolute Gasteiger partial charge is 0.240 e. The second-order valence-corrected chi connectivity index (χ2v) is 7.93. The van der Waals surface area contributed by atoms with Crippen LogP contribution in [0.15, 0.2) is 66.7 Å². The van der Waals surface area contributed by atoms with Gasteiger partial charge >= 0.3 is 0 Å². The fourth-order valence-corrected chi connectivity index (χ4v) is 3.97. The molecule has 1 heterocycles. The lowest BCUT2D eigenvalue weighted by molar-refractivity contribution is -0.133. The largest absolute Gasteiger partial charge is 0.333 e. The van der Waals surface area contributed by atoms with Crippen molar-refractivity contribution in [2.24, 2.45) is 5.73 Å². The normalized spacial score (nSPS) is 14.0. The van der Waals surface area contributed by atoms with Crippen LogP contribution in [0.2, 0.25) is 10.0 Å². The first-order chi connectivity index (χ1) is 13.5. The first kappa shape index (κ1) is 19.0. The van der Waals surface area contributed by atoms with Crippen molar-refractivity contribution in [2.45, 2.75) is 25.6 Å². The van der Waals surface area contributed by atoms with Gasteiger partial charge in [-0.15, -0.1) is 0 Å². The Balaban J connectivity index is 1.45. The molecule has 5 heteroatoms. The lowest BCUT2D eigenvalue weighted by Crippen LogP contribution is -2.42. The van der Waals surface area contributed by atoms with Crippen LogP contribution in [0.25, 0.3) is 11.1 Å². The maximum Gasteiger partial charge on any atom is 0.240 e. The van der Waals surface area contributed by atoms with Gasteiger partial charge in [0, 0.05) is 23.1 Å². The molecule has 142 valence electrons. The molecular weight excluding hydrogens is 391 g/mol. The van der Waals surface area contributed by atoms with Crippen molar-refractivity contribution in [1.82, 2.24) is 4.90 Å². The molecule has 3 aromatic rings. The van der Waals surface area contributed by atoms with Gasteiger partial charge in [-0.1, -0.05) is 71.7 Å². The number of carbonyl (C=O) groups excluding carboxylic acids is 1. The Morgan fingerprint density at radius 2 is 1.54 bits per heavy atom. The number of carbonyl (C=O) groups is 1. The molecule has 1 aliphatic heterocycles. The van der Waals surface area contributed by atoms with Gasteiger partial charge in [0.2, 0.25) is 5.91 Å². The van der Waals surface area contributed by atoms with Crippen molar-refractivity contribution in [3.63, 3.8) is 0 Å². The molecule has 0 saturated heterocycles. The molecule has 3 nitrogen and oxygen atoms in total. The minimum absolute atomic E-state index is 0.0472. The highest BCUT2D eigenvalue weighted by Crippen LogP contribution is 2.28. The molecule has 28 heavy (non-hydrogen) atoms. The van der Waals surface area contributed by atoms with Gasteiger partial charge < -0.3 is 10.6 Å². The Morgan fingerprint density at radius 3 is 2.14 bits per heavy atom. The summed E-state index contributed by atoms with van der Waals surface area (Å²) in [7, 11) is 0. The van der Waals surface area contributed by atoms with Crippen molar-refractivity contribution >= 4 is 29.1 Å². The average Bonchev–Trinajstić information content (AvgIpc) is 3.13. The van der Waals surface area contributed by atoms with Crippen LogP contribution in [-0.4, -0.2) is 16.8 Å². The van der Waals surface area contributed by atoms with Crippen molar-refractivity contribution in [1.29, 1.82) is 0 Å². The van der Waals surface area contributed by atoms with Crippen molar-refractivity contribution in [2.75, 3.05) is 0 Å². The van der Waals surface area contributed by atoms with Gasteiger partial charge in [0.15, 0.2) is 0 Å². The van der Waals surface area contributed by atoms with E-state index in [9.17, 15) is 4.79 Å². The molecule has 0 fully saturated rings. The molecule has 3 aromatic carbocycles. The summed E-state index contributed by atoms with van der Waals surface area (Å²) in [5, 5.41) is 1.31. The van der Waals surface area contributed by atoms with E-state index >= 15 is 0 Å². The first-order valence-electron chi connectivity index (χ1n) is 9.17. The number of fused-ring (bicyclic) bond motifs is 1. The van der Waals surface area contributed by atoms with Gasteiger partial charge in [-0.2, -0.15) is 0 Å². The topological polar surface area (TPSA) is 46.3 Å². The van der Waals surface area contributed by atoms with Gasteiger partial charge in [-0.25, -0.2) is 0 Å². The number of rotatable bonds is 4. The third-order valence-electron chi connectivity index (χ3n) is 5.14. The van der Waals surface area contributed by atoms with Crippen LogP contribution in [0.3, 0.4) is 0 Å². The van der Waals surface area contributed by atoms with Crippen LogP contribution in [0, 0.1) is 0 Å². The van der Waals surface area contributed by atoms with E-state index in [4.69, 9.17) is 28.9 Å². The van der Waals surface area contributed by atoms with E-state index in [1.807, 2.05) is 59.5 Å². The summed E-state index contributed by atoms with van der Waals surface area (Å²) in [5.41, 5.74) is 11.5. The second-order valence-electron chi connectivity index (χ2n) is 7.09. The number of nitrogens with two attached hydrogens (primary N) is 1. The molecule has 0 spiro atoms. The molecule has 1 atom stereocenters. The predicted molar refractivity (Wildman–Crippen MR) is 114 cm³/mol. The molecule has 0 saturated carbocycles. The second kappa shape index (κ2) is 7.96. The summed E-state index contributed by atoms with van der Waals surface area (Å²) >= 11 is 12.4. The number of amides is 1. The van der Waals surface area contributed by atoms with Crippen molar-refractivity contribution < 1.29 is 4.79 Å². The zero-order chi connectivity index (χ0) is 19.7. The summed E-state index contributed by atoms with van der Waals surface area (Å²) in [6.45, 7) is 1.23. The fourth-order valence-electron chi connectivity index (χ4n) is 3.58. The van der Waals surface area contributed by atoms with Gasteiger partial charge in [-0.05, 0) is 52.4 Å². The highest BCUT2D eigenvalue weighted by atomic mass is 35.5. The average molecular weight is 411 g/mol. The highest BCUT2D eigenvalue weighted by Gasteiger charge is 2.27. The number of hydrogen-bond acceptors (Lipinski definition) is 2. The lowest BCUT2D eigenvalue weighted by Gasteiger charge is -2.21. The molecule has 4 rings (SSSR count). The molecule has 1 unspecified atom stereocenters. The quantitative estimate of drug-likeness (QED) is 0.652. The number of benzene rings is 3. The number of halogens is 2. The molecular formula is C23H20Cl2N2O. The monoisotopic (exact) mass is 410 g/mol. The third-order valence-corrected chi connectivity index (χ3v) is 5.74. The fraction of sp³-hybridized carbons (Fsp3) is 0.174. The molecule has 0 aromatic heterocycles. The van der Waals surface area contributed by atoms with Gasteiger partial charge in [0.05, 0.1) is 6.04 Å². The van der Waals surface area contributed by atoms with E-state index in [-0.39, 0.29) is 5.91 Å². The van der Waals surface area contributed by atoms with Crippen molar-refractivity contribution in [3.05, 3.63) is 93.5 Å². The van der Waals surface area contributed by atoms with Crippen LogP contribution in [0.1, 0.15) is 16.7 Å². The molecule has 0 radical (unpaired) electrons. The summed E-state index contributed by atoms with van der Waals surface area (Å²) < 4.78 is 0. The molecule has 1 aliphatic rings. The molecule has 1 amide bonds. The standard InChI is InChI=1S/C23H20Cl2N2O/c24-20-9-7-15(8-10-20)16-5-6-17(21(25)11-16)12-22(26)23(28)27-13-18-3-1-2-4-19(18)14-27/h1-11,22H,12-14,26H2. The van der Waals surface area contributed by atoms with Crippen LogP contribution < -0.4 is 5.73 Å². The molecule has 0 aliphatic carbocycles. The Bertz CT molecular complexity index is 992. The Morgan fingerprint density at radius 1 is 0.929 bits per heavy atom. The Labute approximate surface area is 174 Å². The lowest BCUT2D eigenvalue weighted by atomic mass is 10.0. The maximum atomic E-state index is 12.8. The Hall–Kier alpha value is -2.33. The van der Waals surface area contributed by atoms with Crippen LogP contribution in [-0.2, 0) is 24.3 Å². The van der Waals surface area contributed by atoms with Gasteiger partial charge in [0.25, 0.3) is 0 Å². The summed E-state index contributed by atoms with van der Waals surface area (Å²) in [4.78, 5) is 14.6. The van der Waals surface area contributed by atoms with Crippen LogP contribution in [0.5, 0.6) is 0 Å². The summed E-state index contributed by atoms with van der Waals surface area (Å²) in [6.07, 6.45) is 0.408. The van der Waals surface area contributed by atoms with E-state index in [1.54, 1.807) is 0 Å². The summed E-state index contributed by atoms with van der Waals surface area (Å²) in [5.74, 6) is -0.0472. The predicted octanol–water partition coefficient (Wildman–Crippen LogP) is 5.07. The van der Waals surface area contributed by atoms with E-state index in [0.717, 1.165) is 16.7 Å².